The number of benzene rings is 2. The summed E-state index contributed by atoms with van der Waals surface area (Å²) in [5.74, 6) is 0. The number of aryl methyl sites for hydroxylation is 1. The molecule has 19 heavy (non-hydrogen) atoms. The van der Waals surface area contributed by atoms with Crippen molar-refractivity contribution < 1.29 is 0 Å². The molecule has 0 aliphatic heterocycles. The zero-order chi connectivity index (χ0) is 13.1. The van der Waals surface area contributed by atoms with Gasteiger partial charge in [-0.25, -0.2) is 0 Å². The van der Waals surface area contributed by atoms with Crippen molar-refractivity contribution in [3.05, 3.63) is 72.4 Å². The standard InChI is InChI=1S/C17H14N2/c1-13-7-12-17(19-18-13)16-10-8-15(9-11-16)14-5-3-2-4-6-14/h2-12H,1H3. The lowest BCUT2D eigenvalue weighted by Gasteiger charge is -2.04. The molecule has 0 amide bonds. The molecule has 0 spiro atoms. The molecule has 0 atom stereocenters. The first-order chi connectivity index (χ1) is 9.33. The van der Waals surface area contributed by atoms with Crippen LogP contribution in [0.3, 0.4) is 0 Å². The van der Waals surface area contributed by atoms with Gasteiger partial charge < -0.3 is 0 Å². The van der Waals surface area contributed by atoms with E-state index in [0.29, 0.717) is 0 Å². The van der Waals surface area contributed by atoms with Gasteiger partial charge >= 0.3 is 0 Å². The van der Waals surface area contributed by atoms with Gasteiger partial charge in [-0.2, -0.15) is 10.2 Å². The number of aromatic nitrogens is 2. The second-order valence-corrected chi connectivity index (χ2v) is 4.50. The number of hydrogen-bond acceptors (Lipinski definition) is 2. The van der Waals surface area contributed by atoms with Gasteiger partial charge in [-0.05, 0) is 30.2 Å². The molecule has 0 radical (unpaired) electrons. The molecule has 0 saturated heterocycles. The van der Waals surface area contributed by atoms with Gasteiger partial charge in [-0.3, -0.25) is 0 Å². The number of rotatable bonds is 2. The lowest BCUT2D eigenvalue weighted by Crippen LogP contribution is -1.89. The van der Waals surface area contributed by atoms with Crippen molar-refractivity contribution in [2.75, 3.05) is 0 Å². The lowest BCUT2D eigenvalue weighted by molar-refractivity contribution is 0.987. The summed E-state index contributed by atoms with van der Waals surface area (Å²) in [5, 5.41) is 8.29. The molecule has 2 nitrogen and oxygen atoms in total. The molecule has 1 heterocycles. The molecule has 0 unspecified atom stereocenters. The van der Waals surface area contributed by atoms with Crippen molar-refractivity contribution in [2.45, 2.75) is 6.92 Å². The highest BCUT2D eigenvalue weighted by atomic mass is 15.1. The zero-order valence-corrected chi connectivity index (χ0v) is 10.7. The molecular weight excluding hydrogens is 232 g/mol. The highest BCUT2D eigenvalue weighted by Crippen LogP contribution is 2.23. The minimum Gasteiger partial charge on any atom is -0.155 e. The first-order valence-electron chi connectivity index (χ1n) is 6.29. The van der Waals surface area contributed by atoms with E-state index in [0.717, 1.165) is 17.0 Å². The highest BCUT2D eigenvalue weighted by Gasteiger charge is 2.01. The molecule has 3 rings (SSSR count). The van der Waals surface area contributed by atoms with Crippen LogP contribution in [0.25, 0.3) is 22.4 Å². The zero-order valence-electron chi connectivity index (χ0n) is 10.7. The molecule has 0 bridgehead atoms. The second-order valence-electron chi connectivity index (χ2n) is 4.50. The predicted molar refractivity (Wildman–Crippen MR) is 77.6 cm³/mol. The normalized spacial score (nSPS) is 10.4. The predicted octanol–water partition coefficient (Wildman–Crippen LogP) is 4.12. The Morgan fingerprint density at radius 1 is 0.579 bits per heavy atom. The summed E-state index contributed by atoms with van der Waals surface area (Å²) >= 11 is 0. The minimum absolute atomic E-state index is 0.908. The van der Waals surface area contributed by atoms with Gasteiger partial charge in [0.2, 0.25) is 0 Å². The van der Waals surface area contributed by atoms with E-state index in [9.17, 15) is 0 Å². The van der Waals surface area contributed by atoms with E-state index in [2.05, 4.69) is 58.7 Å². The van der Waals surface area contributed by atoms with Crippen LogP contribution >= 0.6 is 0 Å². The molecular formula is C17H14N2. The Bertz CT molecular complexity index is 656. The maximum Gasteiger partial charge on any atom is 0.0929 e. The van der Waals surface area contributed by atoms with Crippen molar-refractivity contribution in [3.8, 4) is 22.4 Å². The summed E-state index contributed by atoms with van der Waals surface area (Å²) in [5.41, 5.74) is 5.37. The van der Waals surface area contributed by atoms with Crippen LogP contribution in [-0.2, 0) is 0 Å². The Kier molecular flexibility index (Phi) is 3.07. The van der Waals surface area contributed by atoms with E-state index >= 15 is 0 Å². The third kappa shape index (κ3) is 2.52. The Morgan fingerprint density at radius 3 is 1.84 bits per heavy atom. The van der Waals surface area contributed by atoms with Crippen molar-refractivity contribution in [1.82, 2.24) is 10.2 Å². The van der Waals surface area contributed by atoms with E-state index < -0.39 is 0 Å². The average Bonchev–Trinajstić information content (AvgIpc) is 2.49. The van der Waals surface area contributed by atoms with Crippen molar-refractivity contribution in [2.24, 2.45) is 0 Å². The summed E-state index contributed by atoms with van der Waals surface area (Å²) in [6.07, 6.45) is 0. The smallest absolute Gasteiger partial charge is 0.0929 e. The van der Waals surface area contributed by atoms with Crippen LogP contribution in [0.4, 0.5) is 0 Å². The molecule has 0 saturated carbocycles. The Labute approximate surface area is 112 Å². The van der Waals surface area contributed by atoms with Crippen LogP contribution in [0.2, 0.25) is 0 Å². The molecule has 0 fully saturated rings. The van der Waals surface area contributed by atoms with Crippen LogP contribution in [0.1, 0.15) is 5.69 Å². The summed E-state index contributed by atoms with van der Waals surface area (Å²) in [6.45, 7) is 1.94. The lowest BCUT2D eigenvalue weighted by atomic mass is 10.0. The van der Waals surface area contributed by atoms with E-state index in [4.69, 9.17) is 0 Å². The van der Waals surface area contributed by atoms with Gasteiger partial charge in [0.15, 0.2) is 0 Å². The third-order valence-corrected chi connectivity index (χ3v) is 3.09. The van der Waals surface area contributed by atoms with Crippen LogP contribution in [-0.4, -0.2) is 10.2 Å². The van der Waals surface area contributed by atoms with E-state index in [-0.39, 0.29) is 0 Å². The third-order valence-electron chi connectivity index (χ3n) is 3.09. The molecule has 3 aromatic rings. The van der Waals surface area contributed by atoms with Gasteiger partial charge in [-0.15, -0.1) is 0 Å². The second kappa shape index (κ2) is 5.02. The Morgan fingerprint density at radius 2 is 1.21 bits per heavy atom. The largest absolute Gasteiger partial charge is 0.155 e. The maximum atomic E-state index is 4.20. The average molecular weight is 246 g/mol. The van der Waals surface area contributed by atoms with Crippen molar-refractivity contribution >= 4 is 0 Å². The van der Waals surface area contributed by atoms with Crippen molar-refractivity contribution in [1.29, 1.82) is 0 Å². The summed E-state index contributed by atoms with van der Waals surface area (Å²) in [4.78, 5) is 0. The van der Waals surface area contributed by atoms with Gasteiger partial charge in [0.05, 0.1) is 11.4 Å². The van der Waals surface area contributed by atoms with Crippen LogP contribution in [0, 0.1) is 6.92 Å². The quantitative estimate of drug-likeness (QED) is 0.679. The van der Waals surface area contributed by atoms with Crippen LogP contribution < -0.4 is 0 Å². The molecule has 0 aliphatic rings. The fourth-order valence-electron chi connectivity index (χ4n) is 2.02. The molecule has 2 heteroatoms. The van der Waals surface area contributed by atoms with E-state index in [1.807, 2.05) is 25.1 Å². The first kappa shape index (κ1) is 11.6. The molecule has 92 valence electrons. The van der Waals surface area contributed by atoms with Crippen LogP contribution in [0.15, 0.2) is 66.7 Å². The fourth-order valence-corrected chi connectivity index (χ4v) is 2.02. The molecule has 1 aromatic heterocycles. The van der Waals surface area contributed by atoms with Crippen molar-refractivity contribution in [3.63, 3.8) is 0 Å². The highest BCUT2D eigenvalue weighted by molar-refractivity contribution is 5.68. The van der Waals surface area contributed by atoms with E-state index in [1.54, 1.807) is 0 Å². The van der Waals surface area contributed by atoms with Gasteiger partial charge in [0.25, 0.3) is 0 Å². The van der Waals surface area contributed by atoms with Gasteiger partial charge in [-0.1, -0.05) is 54.6 Å². The van der Waals surface area contributed by atoms with Gasteiger partial charge in [0, 0.05) is 5.56 Å². The molecule has 0 aliphatic carbocycles. The number of nitrogens with zero attached hydrogens (tertiary/aromatic N) is 2. The Hall–Kier alpha value is -2.48. The molecule has 2 aromatic carbocycles. The molecule has 0 N–H and O–H groups in total. The minimum atomic E-state index is 0.908. The summed E-state index contributed by atoms with van der Waals surface area (Å²) < 4.78 is 0. The topological polar surface area (TPSA) is 25.8 Å². The Balaban J connectivity index is 1.93. The van der Waals surface area contributed by atoms with E-state index in [1.165, 1.54) is 11.1 Å². The fraction of sp³-hybridized carbons (Fsp3) is 0.0588. The first-order valence-corrected chi connectivity index (χ1v) is 6.29. The van der Waals surface area contributed by atoms with Crippen LogP contribution in [0.5, 0.6) is 0 Å². The van der Waals surface area contributed by atoms with Gasteiger partial charge in [0.1, 0.15) is 0 Å². The summed E-state index contributed by atoms with van der Waals surface area (Å²) in [7, 11) is 0. The summed E-state index contributed by atoms with van der Waals surface area (Å²) in [6, 6.07) is 22.7. The SMILES string of the molecule is Cc1ccc(-c2ccc(-c3ccccc3)cc2)nn1. The maximum absolute atomic E-state index is 4.20. The monoisotopic (exact) mass is 246 g/mol. The number of hydrogen-bond donors (Lipinski definition) is 0.